The van der Waals surface area contributed by atoms with Crippen molar-refractivity contribution < 1.29 is 4.74 Å². The number of hydrogen-bond donors (Lipinski definition) is 1. The first-order valence-corrected chi connectivity index (χ1v) is 8.31. The highest BCUT2D eigenvalue weighted by Crippen LogP contribution is 2.15. The molecular formula is C18H30N2O. The molecule has 3 nitrogen and oxygen atoms in total. The Morgan fingerprint density at radius 1 is 1.38 bits per heavy atom. The summed E-state index contributed by atoms with van der Waals surface area (Å²) in [4.78, 5) is 2.64. The van der Waals surface area contributed by atoms with Crippen LogP contribution in [-0.2, 0) is 0 Å². The van der Waals surface area contributed by atoms with Crippen LogP contribution in [0.2, 0.25) is 0 Å². The lowest BCUT2D eigenvalue weighted by atomic mass is 10.0. The van der Waals surface area contributed by atoms with E-state index in [-0.39, 0.29) is 0 Å². The molecule has 1 N–H and O–H groups in total. The summed E-state index contributed by atoms with van der Waals surface area (Å²) in [7, 11) is 0. The average molecular weight is 290 g/mol. The fourth-order valence-corrected chi connectivity index (χ4v) is 3.05. The normalized spacial score (nSPS) is 20.5. The highest BCUT2D eigenvalue weighted by molar-refractivity contribution is 5.27. The van der Waals surface area contributed by atoms with E-state index >= 15 is 0 Å². The lowest BCUT2D eigenvalue weighted by molar-refractivity contribution is 0.154. The fourth-order valence-electron chi connectivity index (χ4n) is 3.05. The molecule has 1 aromatic rings. The van der Waals surface area contributed by atoms with Gasteiger partial charge in [-0.3, -0.25) is 4.90 Å². The fraction of sp³-hybridized carbons (Fsp3) is 0.667. The van der Waals surface area contributed by atoms with Gasteiger partial charge in [0.15, 0.2) is 0 Å². The van der Waals surface area contributed by atoms with Gasteiger partial charge in [-0.2, -0.15) is 0 Å². The second-order valence-electron chi connectivity index (χ2n) is 6.42. The van der Waals surface area contributed by atoms with E-state index in [4.69, 9.17) is 4.74 Å². The summed E-state index contributed by atoms with van der Waals surface area (Å²) in [6.07, 6.45) is 2.35. The van der Waals surface area contributed by atoms with E-state index in [0.29, 0.717) is 12.0 Å². The number of nitrogens with one attached hydrogen (secondary N) is 1. The van der Waals surface area contributed by atoms with Crippen LogP contribution in [0.15, 0.2) is 24.3 Å². The SMILES string of the molecule is Cc1cccc(OCCCN2CCCNCC2C(C)C)c1. The number of nitrogens with zero attached hydrogens (tertiary/aromatic N) is 1. The van der Waals surface area contributed by atoms with Gasteiger partial charge >= 0.3 is 0 Å². The Balaban J connectivity index is 1.75. The first kappa shape index (κ1) is 16.3. The summed E-state index contributed by atoms with van der Waals surface area (Å²) >= 11 is 0. The van der Waals surface area contributed by atoms with Crippen molar-refractivity contribution in [2.24, 2.45) is 5.92 Å². The van der Waals surface area contributed by atoms with E-state index in [1.807, 2.05) is 6.07 Å². The molecule has 0 aromatic heterocycles. The van der Waals surface area contributed by atoms with Gasteiger partial charge < -0.3 is 10.1 Å². The summed E-state index contributed by atoms with van der Waals surface area (Å²) in [5, 5.41) is 3.56. The third-order valence-electron chi connectivity index (χ3n) is 4.24. The monoisotopic (exact) mass is 290 g/mol. The average Bonchev–Trinajstić information content (AvgIpc) is 2.69. The Hall–Kier alpha value is -1.06. The molecule has 1 fully saturated rings. The second kappa shape index (κ2) is 8.40. The van der Waals surface area contributed by atoms with Gasteiger partial charge in [0.2, 0.25) is 0 Å². The highest BCUT2D eigenvalue weighted by Gasteiger charge is 2.22. The van der Waals surface area contributed by atoms with Gasteiger partial charge in [0, 0.05) is 19.1 Å². The van der Waals surface area contributed by atoms with Gasteiger partial charge in [-0.15, -0.1) is 0 Å². The third kappa shape index (κ3) is 5.33. The predicted octanol–water partition coefficient (Wildman–Crippen LogP) is 3.08. The Morgan fingerprint density at radius 2 is 2.24 bits per heavy atom. The van der Waals surface area contributed by atoms with Crippen LogP contribution in [0.3, 0.4) is 0 Å². The molecule has 2 rings (SSSR count). The van der Waals surface area contributed by atoms with Crippen LogP contribution in [-0.4, -0.2) is 43.7 Å². The zero-order chi connectivity index (χ0) is 15.1. The summed E-state index contributed by atoms with van der Waals surface area (Å²) in [5.74, 6) is 1.70. The molecule has 0 radical (unpaired) electrons. The van der Waals surface area contributed by atoms with Crippen LogP contribution in [0.1, 0.15) is 32.3 Å². The van der Waals surface area contributed by atoms with Crippen molar-refractivity contribution in [3.8, 4) is 5.75 Å². The molecule has 3 heteroatoms. The first-order valence-electron chi connectivity index (χ1n) is 8.31. The number of aryl methyl sites for hydroxylation is 1. The minimum atomic E-state index is 0.659. The molecule has 1 aromatic carbocycles. The van der Waals surface area contributed by atoms with Gasteiger partial charge in [0.05, 0.1) is 6.61 Å². The van der Waals surface area contributed by atoms with E-state index in [0.717, 1.165) is 38.4 Å². The second-order valence-corrected chi connectivity index (χ2v) is 6.42. The molecule has 0 amide bonds. The van der Waals surface area contributed by atoms with Crippen molar-refractivity contribution in [3.63, 3.8) is 0 Å². The minimum absolute atomic E-state index is 0.659. The minimum Gasteiger partial charge on any atom is -0.494 e. The molecule has 1 unspecified atom stereocenters. The number of ether oxygens (including phenoxy) is 1. The molecule has 21 heavy (non-hydrogen) atoms. The van der Waals surface area contributed by atoms with Gasteiger partial charge in [0.1, 0.15) is 5.75 Å². The predicted molar refractivity (Wildman–Crippen MR) is 89.0 cm³/mol. The zero-order valence-electron chi connectivity index (χ0n) is 13.8. The van der Waals surface area contributed by atoms with Crippen LogP contribution in [0.25, 0.3) is 0 Å². The summed E-state index contributed by atoms with van der Waals surface area (Å²) in [6.45, 7) is 12.2. The topological polar surface area (TPSA) is 24.5 Å². The van der Waals surface area contributed by atoms with E-state index in [9.17, 15) is 0 Å². The molecular weight excluding hydrogens is 260 g/mol. The van der Waals surface area contributed by atoms with Crippen molar-refractivity contribution in [2.45, 2.75) is 39.7 Å². The van der Waals surface area contributed by atoms with Crippen LogP contribution in [0.4, 0.5) is 0 Å². The number of hydrogen-bond acceptors (Lipinski definition) is 3. The molecule has 1 heterocycles. The lowest BCUT2D eigenvalue weighted by Gasteiger charge is -2.32. The summed E-state index contributed by atoms with van der Waals surface area (Å²) in [5.41, 5.74) is 1.26. The maximum absolute atomic E-state index is 5.86. The zero-order valence-corrected chi connectivity index (χ0v) is 13.8. The quantitative estimate of drug-likeness (QED) is 0.815. The van der Waals surface area contributed by atoms with Crippen LogP contribution in [0.5, 0.6) is 5.75 Å². The van der Waals surface area contributed by atoms with Crippen LogP contribution >= 0.6 is 0 Å². The summed E-state index contributed by atoms with van der Waals surface area (Å²) < 4.78 is 5.86. The van der Waals surface area contributed by atoms with Crippen molar-refractivity contribution in [1.82, 2.24) is 10.2 Å². The van der Waals surface area contributed by atoms with E-state index in [2.05, 4.69) is 49.2 Å². The van der Waals surface area contributed by atoms with E-state index < -0.39 is 0 Å². The van der Waals surface area contributed by atoms with Crippen molar-refractivity contribution in [2.75, 3.05) is 32.8 Å². The van der Waals surface area contributed by atoms with Crippen LogP contribution in [0, 0.1) is 12.8 Å². The van der Waals surface area contributed by atoms with Crippen LogP contribution < -0.4 is 10.1 Å². The Kier molecular flexibility index (Phi) is 6.52. The van der Waals surface area contributed by atoms with Gasteiger partial charge in [0.25, 0.3) is 0 Å². The molecule has 1 aliphatic rings. The van der Waals surface area contributed by atoms with Gasteiger partial charge in [-0.05, 0) is 56.5 Å². The van der Waals surface area contributed by atoms with Crippen molar-refractivity contribution in [1.29, 1.82) is 0 Å². The number of benzene rings is 1. The Labute approximate surface area is 129 Å². The first-order chi connectivity index (χ1) is 10.2. The Bertz CT molecular complexity index is 419. The molecule has 0 bridgehead atoms. The third-order valence-corrected chi connectivity index (χ3v) is 4.24. The maximum atomic E-state index is 5.86. The molecule has 1 aliphatic heterocycles. The number of rotatable bonds is 6. The molecule has 0 spiro atoms. The largest absolute Gasteiger partial charge is 0.494 e. The molecule has 0 saturated carbocycles. The standard InChI is InChI=1S/C18H30N2O/c1-15(2)18-14-19-9-5-10-20(18)11-6-12-21-17-8-4-7-16(3)13-17/h4,7-8,13,15,18-19H,5-6,9-12,14H2,1-3H3. The lowest BCUT2D eigenvalue weighted by Crippen LogP contribution is -2.44. The van der Waals surface area contributed by atoms with E-state index in [1.165, 1.54) is 18.5 Å². The molecule has 118 valence electrons. The smallest absolute Gasteiger partial charge is 0.119 e. The van der Waals surface area contributed by atoms with Gasteiger partial charge in [-0.25, -0.2) is 0 Å². The van der Waals surface area contributed by atoms with Crippen molar-refractivity contribution >= 4 is 0 Å². The molecule has 0 aliphatic carbocycles. The highest BCUT2D eigenvalue weighted by atomic mass is 16.5. The van der Waals surface area contributed by atoms with Crippen molar-refractivity contribution in [3.05, 3.63) is 29.8 Å². The Morgan fingerprint density at radius 3 is 3.00 bits per heavy atom. The molecule has 1 saturated heterocycles. The van der Waals surface area contributed by atoms with E-state index in [1.54, 1.807) is 0 Å². The summed E-state index contributed by atoms with van der Waals surface area (Å²) in [6, 6.07) is 8.96. The maximum Gasteiger partial charge on any atom is 0.119 e. The van der Waals surface area contributed by atoms with Gasteiger partial charge in [-0.1, -0.05) is 26.0 Å². The molecule has 1 atom stereocenters.